The molecule has 0 rings (SSSR count). The van der Waals surface area contributed by atoms with Crippen molar-refractivity contribution in [3.63, 3.8) is 0 Å². The standard InChI is InChI=1S/C40H68O7P2/c1-33(2)17-10-18-34(3)19-11-20-35(4)21-12-22-36(5)23-13-24-37(6)25-14-26-38(7)27-15-28-39(8)29-16-30-40(9)31-32-46-49(44,45)47-48(41,42)43/h17,19,21,23,25,27,29,31H,10-16,18,20,22,24,26,28,30,32H2,1-9H3,(H,44,45)(H2,41,42,43)/p-3/b34-19+,35-21+,36-23-,37-25-,38-27-,39-29-,40-31-. The fourth-order valence-corrected chi connectivity index (χ4v) is 6.42. The second-order valence-corrected chi connectivity index (χ2v) is 16.4. The monoisotopic (exact) mass is 719 g/mol. The fraction of sp³-hybridized carbons (Fsp3) is 0.600. The molecule has 0 spiro atoms. The Morgan fingerprint density at radius 2 is 0.673 bits per heavy atom. The second kappa shape index (κ2) is 26.9. The van der Waals surface area contributed by atoms with E-state index in [0.29, 0.717) is 6.42 Å². The van der Waals surface area contributed by atoms with Gasteiger partial charge < -0.3 is 23.8 Å². The van der Waals surface area contributed by atoms with Crippen molar-refractivity contribution in [2.75, 3.05) is 6.61 Å². The van der Waals surface area contributed by atoms with Crippen LogP contribution < -0.4 is 14.7 Å². The summed E-state index contributed by atoms with van der Waals surface area (Å²) >= 11 is 0. The van der Waals surface area contributed by atoms with Crippen LogP contribution in [0.2, 0.25) is 0 Å². The Morgan fingerprint density at radius 3 is 0.918 bits per heavy atom. The van der Waals surface area contributed by atoms with Gasteiger partial charge in [0.25, 0.3) is 7.82 Å². The van der Waals surface area contributed by atoms with E-state index in [2.05, 4.69) is 107 Å². The number of phosphoric ester groups is 1. The van der Waals surface area contributed by atoms with E-state index in [9.17, 15) is 23.8 Å². The summed E-state index contributed by atoms with van der Waals surface area (Å²) in [5, 5.41) is 0. The highest BCUT2D eigenvalue weighted by molar-refractivity contribution is 7.58. The minimum atomic E-state index is -5.66. The van der Waals surface area contributed by atoms with Crippen LogP contribution in [0.25, 0.3) is 0 Å². The maximum atomic E-state index is 11.3. The molecule has 0 fully saturated rings. The molecule has 0 saturated carbocycles. The van der Waals surface area contributed by atoms with Gasteiger partial charge in [-0.15, -0.1) is 0 Å². The summed E-state index contributed by atoms with van der Waals surface area (Å²) in [6.45, 7) is 19.1. The summed E-state index contributed by atoms with van der Waals surface area (Å²) in [4.78, 5) is 32.1. The molecule has 7 nitrogen and oxygen atoms in total. The first-order valence-corrected chi connectivity index (χ1v) is 20.7. The lowest BCUT2D eigenvalue weighted by atomic mass is 10.0. The molecule has 0 bridgehead atoms. The first-order valence-electron chi connectivity index (χ1n) is 17.8. The molecule has 0 aliphatic heterocycles. The van der Waals surface area contributed by atoms with E-state index in [1.807, 2.05) is 6.92 Å². The van der Waals surface area contributed by atoms with Gasteiger partial charge in [0.05, 0.1) is 14.4 Å². The molecule has 0 aliphatic rings. The van der Waals surface area contributed by atoms with Gasteiger partial charge in [0.1, 0.15) is 0 Å². The molecule has 0 N–H and O–H groups in total. The van der Waals surface area contributed by atoms with Crippen molar-refractivity contribution in [2.24, 2.45) is 0 Å². The highest BCUT2D eigenvalue weighted by Gasteiger charge is 2.10. The third-order valence-corrected chi connectivity index (χ3v) is 10.2. The maximum Gasteiger partial charge on any atom is 0.272 e. The molecule has 0 amide bonds. The van der Waals surface area contributed by atoms with E-state index in [1.165, 1.54) is 45.1 Å². The number of hydrogen-bond donors (Lipinski definition) is 0. The third kappa shape index (κ3) is 31.9. The highest BCUT2D eigenvalue weighted by atomic mass is 31.3. The van der Waals surface area contributed by atoms with Gasteiger partial charge in [-0.25, -0.2) is 0 Å². The lowest BCUT2D eigenvalue weighted by Gasteiger charge is -2.34. The summed E-state index contributed by atoms with van der Waals surface area (Å²) in [6, 6.07) is 0. The van der Waals surface area contributed by atoms with Crippen molar-refractivity contribution < 1.29 is 32.6 Å². The van der Waals surface area contributed by atoms with Gasteiger partial charge in [0.2, 0.25) is 0 Å². The second-order valence-electron chi connectivity index (χ2n) is 13.7. The molecule has 0 aromatic carbocycles. The topological polar surface area (TPSA) is 122 Å². The van der Waals surface area contributed by atoms with Gasteiger partial charge in [-0.05, 0) is 152 Å². The molecule has 9 heteroatoms. The number of allylic oxidation sites excluding steroid dienone is 15. The molecular formula is C40H65O7P2-3. The zero-order valence-corrected chi connectivity index (χ0v) is 33.8. The van der Waals surface area contributed by atoms with Gasteiger partial charge >= 0.3 is 0 Å². The first kappa shape index (κ1) is 47.2. The largest absolute Gasteiger partial charge is 0.790 e. The average Bonchev–Trinajstić information content (AvgIpc) is 2.95. The Morgan fingerprint density at radius 1 is 0.429 bits per heavy atom. The Labute approximate surface area is 299 Å². The van der Waals surface area contributed by atoms with Gasteiger partial charge in [0, 0.05) is 0 Å². The zero-order valence-electron chi connectivity index (χ0n) is 32.0. The van der Waals surface area contributed by atoms with Crippen LogP contribution in [0.15, 0.2) is 93.2 Å². The number of rotatable bonds is 26. The van der Waals surface area contributed by atoms with E-state index in [0.717, 1.165) is 89.0 Å². The minimum Gasteiger partial charge on any atom is -0.790 e. The zero-order chi connectivity index (χ0) is 37.3. The summed E-state index contributed by atoms with van der Waals surface area (Å²) in [5.41, 5.74) is 10.9. The molecule has 0 aromatic heterocycles. The van der Waals surface area contributed by atoms with Crippen LogP contribution >= 0.6 is 15.6 Å². The van der Waals surface area contributed by atoms with Crippen molar-refractivity contribution in [2.45, 2.75) is 152 Å². The molecule has 1 unspecified atom stereocenters. The van der Waals surface area contributed by atoms with Crippen LogP contribution in [0.3, 0.4) is 0 Å². The average molecular weight is 720 g/mol. The van der Waals surface area contributed by atoms with E-state index in [1.54, 1.807) is 0 Å². The molecule has 0 aliphatic carbocycles. The fourth-order valence-electron chi connectivity index (χ4n) is 5.00. The van der Waals surface area contributed by atoms with Crippen molar-refractivity contribution in [1.29, 1.82) is 0 Å². The molecule has 280 valence electrons. The minimum absolute atomic E-state index is 0.390. The smallest absolute Gasteiger partial charge is 0.272 e. The van der Waals surface area contributed by atoms with Crippen LogP contribution in [0, 0.1) is 0 Å². The van der Waals surface area contributed by atoms with Crippen LogP contribution in [0.5, 0.6) is 0 Å². The Bertz CT molecular complexity index is 1320. The summed E-state index contributed by atoms with van der Waals surface area (Å²) < 4.78 is 29.5. The third-order valence-electron chi connectivity index (χ3n) is 8.14. The van der Waals surface area contributed by atoms with Gasteiger partial charge in [-0.1, -0.05) is 93.2 Å². The molecule has 0 saturated heterocycles. The summed E-state index contributed by atoms with van der Waals surface area (Å²) in [6.07, 6.45) is 32.6. The maximum absolute atomic E-state index is 11.3. The Hall–Kier alpha value is -1.82. The van der Waals surface area contributed by atoms with Crippen molar-refractivity contribution in [1.82, 2.24) is 0 Å². The molecule has 0 heterocycles. The van der Waals surface area contributed by atoms with Crippen LogP contribution in [-0.4, -0.2) is 6.61 Å². The van der Waals surface area contributed by atoms with E-state index in [4.69, 9.17) is 0 Å². The van der Waals surface area contributed by atoms with Gasteiger partial charge in [-0.3, -0.25) is 8.88 Å². The highest BCUT2D eigenvalue weighted by Crippen LogP contribution is 2.50. The van der Waals surface area contributed by atoms with Crippen molar-refractivity contribution in [3.8, 4) is 0 Å². The molecular weight excluding hydrogens is 654 g/mol. The molecule has 1 atom stereocenters. The normalized spacial score (nSPS) is 15.9. The first-order chi connectivity index (χ1) is 22.9. The quantitative estimate of drug-likeness (QED) is 0.0644. The number of phosphoric acid groups is 2. The van der Waals surface area contributed by atoms with Crippen LogP contribution in [-0.2, 0) is 18.0 Å². The van der Waals surface area contributed by atoms with E-state index in [-0.39, 0.29) is 6.61 Å². The number of hydrogen-bond acceptors (Lipinski definition) is 7. The SMILES string of the molecule is CC(C)=CCC/C(C)=C/CC/C(C)=C/CC/C(C)=C\CC/C(C)=C\CC/C(C)=C\CC/C(C)=C\CC/C(C)=C\COP(=O)([O-])OP(=O)([O-])[O-]. The summed E-state index contributed by atoms with van der Waals surface area (Å²) in [7, 11) is -10.8. The van der Waals surface area contributed by atoms with Crippen LogP contribution in [0.4, 0.5) is 0 Å². The lowest BCUT2D eigenvalue weighted by molar-refractivity contribution is -0.339. The molecule has 49 heavy (non-hydrogen) atoms. The summed E-state index contributed by atoms with van der Waals surface area (Å²) in [5.74, 6) is 0. The molecule has 0 radical (unpaired) electrons. The van der Waals surface area contributed by atoms with E-state index >= 15 is 0 Å². The van der Waals surface area contributed by atoms with Gasteiger partial charge in [-0.2, -0.15) is 0 Å². The Kier molecular flexibility index (Phi) is 25.9. The predicted molar refractivity (Wildman–Crippen MR) is 203 cm³/mol. The Balaban J connectivity index is 4.28. The van der Waals surface area contributed by atoms with Crippen molar-refractivity contribution >= 4 is 15.6 Å². The van der Waals surface area contributed by atoms with Crippen LogP contribution in [0.1, 0.15) is 152 Å². The lowest BCUT2D eigenvalue weighted by Crippen LogP contribution is -2.19. The van der Waals surface area contributed by atoms with E-state index < -0.39 is 15.6 Å². The van der Waals surface area contributed by atoms with Gasteiger partial charge in [0.15, 0.2) is 0 Å². The van der Waals surface area contributed by atoms with Crippen molar-refractivity contribution in [3.05, 3.63) is 93.2 Å². The molecule has 0 aromatic rings. The predicted octanol–water partition coefficient (Wildman–Crippen LogP) is 11.4.